The molecule has 1 aromatic rings. The quantitative estimate of drug-likeness (QED) is 0.845. The van der Waals surface area contributed by atoms with Crippen LogP contribution in [-0.4, -0.2) is 23.6 Å². The van der Waals surface area contributed by atoms with Crippen LogP contribution < -0.4 is 0 Å². The zero-order valence-corrected chi connectivity index (χ0v) is 9.26. The Morgan fingerprint density at radius 1 is 0.895 bits per heavy atom. The van der Waals surface area contributed by atoms with Gasteiger partial charge in [-0.15, -0.1) is 0 Å². The van der Waals surface area contributed by atoms with E-state index >= 15 is 0 Å². The number of halogens is 7. The summed E-state index contributed by atoms with van der Waals surface area (Å²) in [6, 6.07) is 3.81. The predicted octanol–water partition coefficient (Wildman–Crippen LogP) is 3.47. The fourth-order valence-corrected chi connectivity index (χ4v) is 1.60. The van der Waals surface area contributed by atoms with Crippen LogP contribution in [0.2, 0.25) is 0 Å². The van der Waals surface area contributed by atoms with Crippen molar-refractivity contribution in [2.45, 2.75) is 24.9 Å². The molecule has 0 saturated heterocycles. The summed E-state index contributed by atoms with van der Waals surface area (Å²) < 4.78 is 86.3. The summed E-state index contributed by atoms with van der Waals surface area (Å²) in [5.74, 6) is -4.51. The van der Waals surface area contributed by atoms with E-state index < -0.39 is 36.6 Å². The molecule has 1 N–H and O–H groups in total. The molecular weight excluding hydrogens is 281 g/mol. The Morgan fingerprint density at radius 3 is 1.68 bits per heavy atom. The first-order valence-electron chi connectivity index (χ1n) is 5.07. The summed E-state index contributed by atoms with van der Waals surface area (Å²) in [4.78, 5) is 0. The van der Waals surface area contributed by atoms with Crippen molar-refractivity contribution < 1.29 is 35.8 Å². The standard InChI is InChI=1S/C11H9F7O/c12-7-3-1-6(2-4-7)5-8(19)9(10(13,14)15)11(16,17)18/h1-4,8-9,19H,5H2. The lowest BCUT2D eigenvalue weighted by atomic mass is 9.95. The SMILES string of the molecule is OC(Cc1ccc(F)cc1)C(C(F)(F)F)C(F)(F)F. The number of benzene rings is 1. The van der Waals surface area contributed by atoms with Gasteiger partial charge in [0.05, 0.1) is 6.10 Å². The molecule has 8 heteroatoms. The van der Waals surface area contributed by atoms with Crippen molar-refractivity contribution in [1.82, 2.24) is 0 Å². The summed E-state index contributed by atoms with van der Waals surface area (Å²) in [6.45, 7) is 0. The lowest BCUT2D eigenvalue weighted by Crippen LogP contribution is -2.45. The van der Waals surface area contributed by atoms with Gasteiger partial charge in [0, 0.05) is 0 Å². The van der Waals surface area contributed by atoms with E-state index in [2.05, 4.69) is 0 Å². The van der Waals surface area contributed by atoms with E-state index in [1.165, 1.54) is 0 Å². The van der Waals surface area contributed by atoms with E-state index in [1.54, 1.807) is 0 Å². The molecule has 1 rings (SSSR count). The summed E-state index contributed by atoms with van der Waals surface area (Å²) in [7, 11) is 0. The van der Waals surface area contributed by atoms with E-state index in [4.69, 9.17) is 5.11 Å². The summed E-state index contributed by atoms with van der Waals surface area (Å²) >= 11 is 0. The Hall–Kier alpha value is -1.31. The van der Waals surface area contributed by atoms with E-state index in [0.717, 1.165) is 24.3 Å². The average molecular weight is 290 g/mol. The third kappa shape index (κ3) is 4.38. The molecule has 0 radical (unpaired) electrons. The molecule has 0 saturated carbocycles. The zero-order valence-electron chi connectivity index (χ0n) is 9.26. The molecule has 0 heterocycles. The number of hydrogen-bond acceptors (Lipinski definition) is 1. The van der Waals surface area contributed by atoms with Crippen LogP contribution in [0.1, 0.15) is 5.56 Å². The summed E-state index contributed by atoms with van der Waals surface area (Å²) in [5, 5.41) is 9.17. The van der Waals surface area contributed by atoms with E-state index in [0.29, 0.717) is 0 Å². The van der Waals surface area contributed by atoms with Gasteiger partial charge in [0.15, 0.2) is 5.92 Å². The Kier molecular flexibility index (Phi) is 4.44. The third-order valence-electron chi connectivity index (χ3n) is 2.45. The molecule has 1 atom stereocenters. The third-order valence-corrected chi connectivity index (χ3v) is 2.45. The van der Waals surface area contributed by atoms with Crippen LogP contribution in [0, 0.1) is 11.7 Å². The minimum atomic E-state index is -5.60. The number of hydrogen-bond donors (Lipinski definition) is 1. The topological polar surface area (TPSA) is 20.2 Å². The van der Waals surface area contributed by atoms with Crippen molar-refractivity contribution in [3.05, 3.63) is 35.6 Å². The smallest absolute Gasteiger partial charge is 0.392 e. The molecule has 0 bridgehead atoms. The van der Waals surface area contributed by atoms with E-state index in [-0.39, 0.29) is 5.56 Å². The van der Waals surface area contributed by atoms with Crippen molar-refractivity contribution in [2.75, 3.05) is 0 Å². The molecule has 0 aliphatic rings. The summed E-state index contributed by atoms with van der Waals surface area (Å²) in [5.41, 5.74) is -0.0209. The maximum Gasteiger partial charge on any atom is 0.403 e. The Balaban J connectivity index is 2.89. The Bertz CT molecular complexity index is 393. The van der Waals surface area contributed by atoms with Crippen LogP contribution >= 0.6 is 0 Å². The van der Waals surface area contributed by atoms with Crippen LogP contribution in [0.25, 0.3) is 0 Å². The molecule has 0 amide bonds. The predicted molar refractivity (Wildman–Crippen MR) is 51.7 cm³/mol. The average Bonchev–Trinajstić information content (AvgIpc) is 2.16. The zero-order chi connectivity index (χ0) is 14.8. The van der Waals surface area contributed by atoms with Crippen molar-refractivity contribution in [3.8, 4) is 0 Å². The molecule has 0 aromatic heterocycles. The van der Waals surface area contributed by atoms with Crippen LogP contribution in [-0.2, 0) is 6.42 Å². The van der Waals surface area contributed by atoms with Crippen molar-refractivity contribution in [1.29, 1.82) is 0 Å². The molecule has 0 aliphatic carbocycles. The molecule has 0 aliphatic heterocycles. The minimum Gasteiger partial charge on any atom is -0.392 e. The highest BCUT2D eigenvalue weighted by Gasteiger charge is 2.59. The highest BCUT2D eigenvalue weighted by atomic mass is 19.4. The second kappa shape index (κ2) is 5.36. The van der Waals surface area contributed by atoms with E-state index in [1.807, 2.05) is 0 Å². The summed E-state index contributed by atoms with van der Waals surface area (Å²) in [6.07, 6.45) is -14.7. The van der Waals surface area contributed by atoms with Gasteiger partial charge in [-0.3, -0.25) is 0 Å². The molecule has 1 nitrogen and oxygen atoms in total. The maximum atomic E-state index is 12.5. The van der Waals surface area contributed by atoms with Crippen LogP contribution in [0.3, 0.4) is 0 Å². The fourth-order valence-electron chi connectivity index (χ4n) is 1.60. The molecule has 0 fully saturated rings. The normalized spacial score (nSPS) is 14.8. The largest absolute Gasteiger partial charge is 0.403 e. The molecule has 0 spiro atoms. The van der Waals surface area contributed by atoms with Gasteiger partial charge in [0.1, 0.15) is 5.82 Å². The van der Waals surface area contributed by atoms with Crippen molar-refractivity contribution in [3.63, 3.8) is 0 Å². The van der Waals surface area contributed by atoms with Gasteiger partial charge in [0.25, 0.3) is 0 Å². The van der Waals surface area contributed by atoms with Crippen LogP contribution in [0.4, 0.5) is 30.7 Å². The molecule has 19 heavy (non-hydrogen) atoms. The van der Waals surface area contributed by atoms with Crippen LogP contribution in [0.5, 0.6) is 0 Å². The van der Waals surface area contributed by atoms with Gasteiger partial charge in [-0.25, -0.2) is 4.39 Å². The fraction of sp³-hybridized carbons (Fsp3) is 0.455. The monoisotopic (exact) mass is 290 g/mol. The molecule has 1 unspecified atom stereocenters. The van der Waals surface area contributed by atoms with E-state index in [9.17, 15) is 30.7 Å². The number of aliphatic hydroxyl groups is 1. The highest BCUT2D eigenvalue weighted by Crippen LogP contribution is 2.42. The Morgan fingerprint density at radius 2 is 1.32 bits per heavy atom. The van der Waals surface area contributed by atoms with Gasteiger partial charge >= 0.3 is 12.4 Å². The lowest BCUT2D eigenvalue weighted by Gasteiger charge is -2.27. The lowest BCUT2D eigenvalue weighted by molar-refractivity contribution is -0.305. The number of alkyl halides is 6. The maximum absolute atomic E-state index is 12.5. The minimum absolute atomic E-state index is 0.0209. The van der Waals surface area contributed by atoms with Gasteiger partial charge in [-0.2, -0.15) is 26.3 Å². The van der Waals surface area contributed by atoms with Gasteiger partial charge in [0.2, 0.25) is 0 Å². The second-order valence-corrected chi connectivity index (χ2v) is 3.96. The first-order chi connectivity index (χ1) is 8.51. The first-order valence-corrected chi connectivity index (χ1v) is 5.07. The van der Waals surface area contributed by atoms with Gasteiger partial charge < -0.3 is 5.11 Å². The molecular formula is C11H9F7O. The second-order valence-electron chi connectivity index (χ2n) is 3.96. The first kappa shape index (κ1) is 15.7. The molecule has 108 valence electrons. The number of rotatable bonds is 3. The van der Waals surface area contributed by atoms with Crippen molar-refractivity contribution in [2.24, 2.45) is 5.92 Å². The number of aliphatic hydroxyl groups excluding tert-OH is 1. The Labute approximate surface area is 103 Å². The van der Waals surface area contributed by atoms with Crippen LogP contribution in [0.15, 0.2) is 24.3 Å². The van der Waals surface area contributed by atoms with Gasteiger partial charge in [-0.1, -0.05) is 12.1 Å². The highest BCUT2D eigenvalue weighted by molar-refractivity contribution is 5.17. The molecule has 1 aromatic carbocycles. The van der Waals surface area contributed by atoms with Crippen molar-refractivity contribution >= 4 is 0 Å². The van der Waals surface area contributed by atoms with Gasteiger partial charge in [-0.05, 0) is 24.1 Å².